The lowest BCUT2D eigenvalue weighted by atomic mass is 9.88. The Balaban J connectivity index is 3.19. The second-order valence-electron chi connectivity index (χ2n) is 4.84. The van der Waals surface area contributed by atoms with Crippen molar-refractivity contribution >= 4 is 21.6 Å². The van der Waals surface area contributed by atoms with Gasteiger partial charge in [-0.15, -0.1) is 0 Å². The van der Waals surface area contributed by atoms with E-state index in [0.29, 0.717) is 12.0 Å². The van der Waals surface area contributed by atoms with Gasteiger partial charge in [-0.05, 0) is 48.3 Å². The van der Waals surface area contributed by atoms with Crippen LogP contribution in [0.5, 0.6) is 0 Å². The topological polar surface area (TPSA) is 55.2 Å². The molecule has 0 aliphatic heterocycles. The van der Waals surface area contributed by atoms with Gasteiger partial charge in [0.1, 0.15) is 5.82 Å². The van der Waals surface area contributed by atoms with E-state index in [1.54, 1.807) is 0 Å². The summed E-state index contributed by atoms with van der Waals surface area (Å²) in [5.74, 6) is -0.559. The molecule has 0 heterocycles. The van der Waals surface area contributed by atoms with E-state index in [-0.39, 0.29) is 22.1 Å². The highest BCUT2D eigenvalue weighted by molar-refractivity contribution is 9.10. The van der Waals surface area contributed by atoms with E-state index in [4.69, 9.17) is 0 Å². The second-order valence-corrected chi connectivity index (χ2v) is 5.69. The fourth-order valence-corrected chi connectivity index (χ4v) is 2.70. The van der Waals surface area contributed by atoms with Gasteiger partial charge >= 0.3 is 0 Å². The van der Waals surface area contributed by atoms with Crippen molar-refractivity contribution in [3.8, 4) is 0 Å². The molecule has 0 radical (unpaired) electrons. The SMILES string of the molecule is CCCNC(C)C(CC)c1cc(F)c(Br)cc1[N+](=O)[O-]. The van der Waals surface area contributed by atoms with Crippen LogP contribution in [0, 0.1) is 15.9 Å². The number of rotatable bonds is 7. The first-order chi connectivity index (χ1) is 9.42. The van der Waals surface area contributed by atoms with Gasteiger partial charge in [0.15, 0.2) is 0 Å². The normalized spacial score (nSPS) is 14.1. The Hall–Kier alpha value is -1.01. The third-order valence-corrected chi connectivity index (χ3v) is 4.03. The Morgan fingerprint density at radius 2 is 2.10 bits per heavy atom. The first kappa shape index (κ1) is 17.0. The maximum atomic E-state index is 13.7. The highest BCUT2D eigenvalue weighted by Gasteiger charge is 2.27. The predicted octanol–water partition coefficient (Wildman–Crippen LogP) is 4.38. The molecule has 1 N–H and O–H groups in total. The Morgan fingerprint density at radius 3 is 2.60 bits per heavy atom. The minimum atomic E-state index is -0.466. The van der Waals surface area contributed by atoms with Crippen LogP contribution >= 0.6 is 15.9 Å². The van der Waals surface area contributed by atoms with Crippen molar-refractivity contribution in [2.75, 3.05) is 6.54 Å². The zero-order valence-corrected chi connectivity index (χ0v) is 13.5. The van der Waals surface area contributed by atoms with Crippen LogP contribution in [-0.2, 0) is 0 Å². The molecule has 0 bridgehead atoms. The van der Waals surface area contributed by atoms with Crippen LogP contribution in [0.25, 0.3) is 0 Å². The molecular formula is C14H20BrFN2O2. The van der Waals surface area contributed by atoms with Crippen molar-refractivity contribution in [3.05, 3.63) is 38.1 Å². The summed E-state index contributed by atoms with van der Waals surface area (Å²) in [5, 5.41) is 14.5. The number of hydrogen-bond donors (Lipinski definition) is 1. The predicted molar refractivity (Wildman–Crippen MR) is 81.5 cm³/mol. The molecule has 20 heavy (non-hydrogen) atoms. The summed E-state index contributed by atoms with van der Waals surface area (Å²) in [6, 6.07) is 2.58. The van der Waals surface area contributed by atoms with E-state index >= 15 is 0 Å². The number of nitro groups is 1. The van der Waals surface area contributed by atoms with Crippen LogP contribution < -0.4 is 5.32 Å². The summed E-state index contributed by atoms with van der Waals surface area (Å²) < 4.78 is 13.9. The highest BCUT2D eigenvalue weighted by atomic mass is 79.9. The molecule has 2 atom stereocenters. The largest absolute Gasteiger partial charge is 0.314 e. The maximum Gasteiger partial charge on any atom is 0.274 e. The van der Waals surface area contributed by atoms with Crippen LogP contribution in [0.3, 0.4) is 0 Å². The molecule has 0 saturated heterocycles. The van der Waals surface area contributed by atoms with Gasteiger partial charge in [-0.3, -0.25) is 10.1 Å². The van der Waals surface area contributed by atoms with E-state index in [1.165, 1.54) is 12.1 Å². The van der Waals surface area contributed by atoms with Crippen LogP contribution in [0.2, 0.25) is 0 Å². The number of halogens is 2. The van der Waals surface area contributed by atoms with Crippen molar-refractivity contribution < 1.29 is 9.31 Å². The van der Waals surface area contributed by atoms with Gasteiger partial charge in [0.2, 0.25) is 0 Å². The van der Waals surface area contributed by atoms with E-state index in [2.05, 4.69) is 28.2 Å². The summed E-state index contributed by atoms with van der Waals surface area (Å²) in [6.45, 7) is 6.83. The van der Waals surface area contributed by atoms with Crippen LogP contribution in [0.15, 0.2) is 16.6 Å². The quantitative estimate of drug-likeness (QED) is 0.588. The Kier molecular flexibility index (Phi) is 6.55. The minimum absolute atomic E-state index is 0.0322. The van der Waals surface area contributed by atoms with Crippen molar-refractivity contribution in [3.63, 3.8) is 0 Å². The summed E-state index contributed by atoms with van der Waals surface area (Å²) >= 11 is 3.00. The molecule has 4 nitrogen and oxygen atoms in total. The molecule has 0 aliphatic rings. The summed E-state index contributed by atoms with van der Waals surface area (Å²) in [4.78, 5) is 10.7. The summed E-state index contributed by atoms with van der Waals surface area (Å²) in [6.07, 6.45) is 1.69. The monoisotopic (exact) mass is 346 g/mol. The van der Waals surface area contributed by atoms with Crippen LogP contribution in [-0.4, -0.2) is 17.5 Å². The molecule has 0 spiro atoms. The average Bonchev–Trinajstić information content (AvgIpc) is 2.40. The second kappa shape index (κ2) is 7.69. The van der Waals surface area contributed by atoms with Crippen LogP contribution in [0.4, 0.5) is 10.1 Å². The lowest BCUT2D eigenvalue weighted by Gasteiger charge is -2.24. The van der Waals surface area contributed by atoms with Gasteiger partial charge in [0, 0.05) is 23.6 Å². The van der Waals surface area contributed by atoms with Gasteiger partial charge in [-0.2, -0.15) is 0 Å². The van der Waals surface area contributed by atoms with Crippen LogP contribution in [0.1, 0.15) is 45.1 Å². The van der Waals surface area contributed by atoms with E-state index in [9.17, 15) is 14.5 Å². The minimum Gasteiger partial charge on any atom is -0.314 e. The Labute approximate surface area is 127 Å². The Bertz CT molecular complexity index is 482. The van der Waals surface area contributed by atoms with Gasteiger partial charge in [0.05, 0.1) is 9.40 Å². The molecule has 0 saturated carbocycles. The van der Waals surface area contributed by atoms with Gasteiger partial charge in [-0.25, -0.2) is 4.39 Å². The standard InChI is InChI=1S/C14H20BrFN2O2/c1-4-6-17-9(3)10(5-2)11-7-13(16)12(15)8-14(11)18(19)20/h7-10,17H,4-6H2,1-3H3. The molecule has 1 aromatic rings. The molecule has 0 aliphatic carbocycles. The van der Waals surface area contributed by atoms with Gasteiger partial charge in [0.25, 0.3) is 5.69 Å². The van der Waals surface area contributed by atoms with Gasteiger partial charge < -0.3 is 5.32 Å². The summed E-state index contributed by atoms with van der Waals surface area (Å²) in [5.41, 5.74) is 0.421. The zero-order chi connectivity index (χ0) is 15.3. The van der Waals surface area contributed by atoms with Crippen molar-refractivity contribution in [2.24, 2.45) is 0 Å². The number of nitro benzene ring substituents is 1. The first-order valence-electron chi connectivity index (χ1n) is 6.79. The number of nitrogens with one attached hydrogen (secondary N) is 1. The van der Waals surface area contributed by atoms with E-state index < -0.39 is 10.7 Å². The fraction of sp³-hybridized carbons (Fsp3) is 0.571. The number of benzene rings is 1. The lowest BCUT2D eigenvalue weighted by molar-refractivity contribution is -0.385. The number of nitrogens with zero attached hydrogens (tertiary/aromatic N) is 1. The number of hydrogen-bond acceptors (Lipinski definition) is 3. The average molecular weight is 347 g/mol. The maximum absolute atomic E-state index is 13.7. The van der Waals surface area contributed by atoms with Crippen molar-refractivity contribution in [1.82, 2.24) is 5.32 Å². The highest BCUT2D eigenvalue weighted by Crippen LogP contribution is 2.35. The van der Waals surface area contributed by atoms with Gasteiger partial charge in [-0.1, -0.05) is 13.8 Å². The molecule has 0 fully saturated rings. The summed E-state index contributed by atoms with van der Waals surface area (Å²) in [7, 11) is 0. The zero-order valence-electron chi connectivity index (χ0n) is 12.0. The molecule has 6 heteroatoms. The molecule has 112 valence electrons. The molecule has 1 aromatic carbocycles. The fourth-order valence-electron chi connectivity index (χ4n) is 2.36. The molecule has 1 rings (SSSR count). The van der Waals surface area contributed by atoms with Crippen molar-refractivity contribution in [2.45, 2.75) is 45.6 Å². The molecule has 0 aromatic heterocycles. The molecule has 0 amide bonds. The van der Waals surface area contributed by atoms with Crippen molar-refractivity contribution in [1.29, 1.82) is 0 Å². The first-order valence-corrected chi connectivity index (χ1v) is 7.58. The lowest BCUT2D eigenvalue weighted by Crippen LogP contribution is -2.32. The smallest absolute Gasteiger partial charge is 0.274 e. The molecular weight excluding hydrogens is 327 g/mol. The third kappa shape index (κ3) is 3.99. The van der Waals surface area contributed by atoms with E-state index in [1.807, 2.05) is 13.8 Å². The van der Waals surface area contributed by atoms with E-state index in [0.717, 1.165) is 13.0 Å². The Morgan fingerprint density at radius 1 is 1.45 bits per heavy atom. The third-order valence-electron chi connectivity index (χ3n) is 3.43. The molecule has 2 unspecified atom stereocenters.